The lowest BCUT2D eigenvalue weighted by molar-refractivity contribution is -0.394. The maximum Gasteiger partial charge on any atom is 0.427 e. The molecule has 0 spiro atoms. The monoisotopic (exact) mass is 328 g/mol. The predicted octanol–water partition coefficient (Wildman–Crippen LogP) is 3.78. The molecule has 0 amide bonds. The van der Waals surface area contributed by atoms with Gasteiger partial charge in [0.1, 0.15) is 6.61 Å². The van der Waals surface area contributed by atoms with Crippen LogP contribution < -0.4 is 0 Å². The molecule has 0 bridgehead atoms. The normalized spacial score (nSPS) is 15.4. The highest BCUT2D eigenvalue weighted by Crippen LogP contribution is 2.49. The molecule has 0 rings (SSSR count). The number of alkyl halides is 10. The molecular weight excluding hydrogens is 327 g/mol. The summed E-state index contributed by atoms with van der Waals surface area (Å²) in [6, 6.07) is 0. The van der Waals surface area contributed by atoms with E-state index in [1.807, 2.05) is 0 Å². The van der Waals surface area contributed by atoms with Gasteiger partial charge in [-0.3, -0.25) is 0 Å². The van der Waals surface area contributed by atoms with Crippen LogP contribution in [0.2, 0.25) is 0 Å². The fourth-order valence-electron chi connectivity index (χ4n) is 0.428. The Hall–Kier alpha value is -0.190. The zero-order chi connectivity index (χ0) is 13.4. The van der Waals surface area contributed by atoms with Gasteiger partial charge in [-0.1, -0.05) is 0 Å². The van der Waals surface area contributed by atoms with Crippen molar-refractivity contribution in [3.63, 3.8) is 0 Å². The molecule has 98 valence electrons. The Kier molecular flexibility index (Phi) is 4.19. The van der Waals surface area contributed by atoms with Gasteiger partial charge in [0.05, 0.1) is 0 Å². The fourth-order valence-corrected chi connectivity index (χ4v) is 0.659. The van der Waals surface area contributed by atoms with Gasteiger partial charge in [0, 0.05) is 0 Å². The second kappa shape index (κ2) is 4.24. The summed E-state index contributed by atoms with van der Waals surface area (Å²) in [5, 5.41) is 0. The number of rotatable bonds is 4. The lowest BCUT2D eigenvalue weighted by Gasteiger charge is -2.29. The number of ether oxygens (including phenoxy) is 1. The quantitative estimate of drug-likeness (QED) is 0.563. The largest absolute Gasteiger partial charge is 0.427 e. The van der Waals surface area contributed by atoms with Gasteiger partial charge in [-0.05, 0) is 15.9 Å². The molecule has 11 heteroatoms. The van der Waals surface area contributed by atoms with E-state index < -0.39 is 29.6 Å². The van der Waals surface area contributed by atoms with Gasteiger partial charge in [-0.2, -0.15) is 39.5 Å². The zero-order valence-electron chi connectivity index (χ0n) is 6.89. The van der Waals surface area contributed by atoms with E-state index in [1.165, 1.54) is 0 Å². The number of hydrogen-bond donors (Lipinski definition) is 0. The molecule has 0 heterocycles. The average molecular weight is 329 g/mol. The van der Waals surface area contributed by atoms with Crippen LogP contribution in [0.3, 0.4) is 0 Å². The highest BCUT2D eigenvalue weighted by atomic mass is 79.9. The first kappa shape index (κ1) is 15.8. The average Bonchev–Trinajstić information content (AvgIpc) is 1.97. The van der Waals surface area contributed by atoms with Gasteiger partial charge in [0.15, 0.2) is 0 Å². The van der Waals surface area contributed by atoms with E-state index in [2.05, 4.69) is 4.74 Å². The number of halogens is 10. The summed E-state index contributed by atoms with van der Waals surface area (Å²) in [5.74, 6) is -6.12. The predicted molar refractivity (Wildman–Crippen MR) is 35.8 cm³/mol. The Labute approximate surface area is 90.7 Å². The molecule has 16 heavy (non-hydrogen) atoms. The minimum absolute atomic E-state index is 0.932. The topological polar surface area (TPSA) is 9.23 Å². The van der Waals surface area contributed by atoms with Crippen molar-refractivity contribution in [2.45, 2.75) is 23.0 Å². The second-order valence-electron chi connectivity index (χ2n) is 2.49. The van der Waals surface area contributed by atoms with E-state index in [9.17, 15) is 39.5 Å². The highest BCUT2D eigenvalue weighted by Gasteiger charge is 2.72. The van der Waals surface area contributed by atoms with E-state index in [0.29, 0.717) is 0 Å². The molecule has 0 aromatic rings. The molecule has 0 saturated heterocycles. The summed E-state index contributed by atoms with van der Waals surface area (Å²) >= 11 is 0.932. The molecular formula is C5H2BrF9O. The van der Waals surface area contributed by atoms with Gasteiger partial charge >= 0.3 is 23.0 Å². The smallest absolute Gasteiger partial charge is 0.306 e. The molecule has 0 aliphatic rings. The van der Waals surface area contributed by atoms with Crippen LogP contribution in [0.5, 0.6) is 0 Å². The SMILES string of the molecule is FC(F)(F)COC(F)(F)C(F)(F)C(F)(F)Br. The Morgan fingerprint density at radius 2 is 1.19 bits per heavy atom. The van der Waals surface area contributed by atoms with E-state index in [4.69, 9.17) is 0 Å². The van der Waals surface area contributed by atoms with Gasteiger partial charge in [0.25, 0.3) is 0 Å². The molecule has 0 aromatic carbocycles. The van der Waals surface area contributed by atoms with E-state index in [-0.39, 0.29) is 0 Å². The summed E-state index contributed by atoms with van der Waals surface area (Å²) in [5.41, 5.74) is 0. The van der Waals surface area contributed by atoms with Crippen LogP contribution in [0, 0.1) is 0 Å². The zero-order valence-corrected chi connectivity index (χ0v) is 8.48. The molecule has 0 fully saturated rings. The molecule has 0 aliphatic heterocycles. The van der Waals surface area contributed by atoms with Crippen LogP contribution in [-0.2, 0) is 4.74 Å². The Morgan fingerprint density at radius 1 is 0.812 bits per heavy atom. The number of hydrogen-bond acceptors (Lipinski definition) is 1. The standard InChI is InChI=1S/C5H2BrF9O/c6-4(12,13)3(10,11)5(14,15)16-1-2(7,8)9/h1H2. The van der Waals surface area contributed by atoms with Crippen molar-refractivity contribution in [1.29, 1.82) is 0 Å². The van der Waals surface area contributed by atoms with Crippen molar-refractivity contribution in [3.8, 4) is 0 Å². The lowest BCUT2D eigenvalue weighted by Crippen LogP contribution is -2.53. The summed E-state index contributed by atoms with van der Waals surface area (Å²) in [7, 11) is 0. The van der Waals surface area contributed by atoms with Crippen molar-refractivity contribution in [1.82, 2.24) is 0 Å². The minimum Gasteiger partial charge on any atom is -0.306 e. The van der Waals surface area contributed by atoms with Crippen molar-refractivity contribution in [2.75, 3.05) is 6.61 Å². The van der Waals surface area contributed by atoms with Crippen molar-refractivity contribution in [3.05, 3.63) is 0 Å². The summed E-state index contributed by atoms with van der Waals surface area (Å²) in [6.07, 6.45) is -11.3. The van der Waals surface area contributed by atoms with E-state index >= 15 is 0 Å². The first-order valence-electron chi connectivity index (χ1n) is 3.24. The van der Waals surface area contributed by atoms with Gasteiger partial charge < -0.3 is 4.74 Å². The molecule has 0 unspecified atom stereocenters. The second-order valence-corrected chi connectivity index (χ2v) is 3.49. The highest BCUT2D eigenvalue weighted by molar-refractivity contribution is 9.10. The molecule has 0 N–H and O–H groups in total. The Balaban J connectivity index is 4.79. The van der Waals surface area contributed by atoms with E-state index in [0.717, 1.165) is 15.9 Å². The van der Waals surface area contributed by atoms with Crippen LogP contribution in [0.25, 0.3) is 0 Å². The third kappa shape index (κ3) is 3.68. The maximum absolute atomic E-state index is 12.2. The maximum atomic E-state index is 12.2. The molecule has 0 aromatic heterocycles. The van der Waals surface area contributed by atoms with Gasteiger partial charge in [-0.25, -0.2) is 0 Å². The molecule has 0 aliphatic carbocycles. The van der Waals surface area contributed by atoms with Crippen molar-refractivity contribution in [2.24, 2.45) is 0 Å². The first-order valence-corrected chi connectivity index (χ1v) is 4.03. The first-order chi connectivity index (χ1) is 6.71. The molecule has 0 radical (unpaired) electrons. The summed E-state index contributed by atoms with van der Waals surface area (Å²) in [4.78, 5) is -5.41. The lowest BCUT2D eigenvalue weighted by atomic mass is 10.3. The Morgan fingerprint density at radius 3 is 1.44 bits per heavy atom. The molecule has 0 atom stereocenters. The Bertz CT molecular complexity index is 241. The third-order valence-electron chi connectivity index (χ3n) is 1.14. The van der Waals surface area contributed by atoms with Crippen LogP contribution in [0.1, 0.15) is 0 Å². The van der Waals surface area contributed by atoms with Crippen LogP contribution in [0.15, 0.2) is 0 Å². The molecule has 1 nitrogen and oxygen atoms in total. The summed E-state index contributed by atoms with van der Waals surface area (Å²) < 4.78 is 109. The van der Waals surface area contributed by atoms with Crippen molar-refractivity contribution >= 4 is 15.9 Å². The van der Waals surface area contributed by atoms with Crippen LogP contribution in [0.4, 0.5) is 39.5 Å². The minimum atomic E-state index is -6.12. The summed E-state index contributed by atoms with van der Waals surface area (Å²) in [6.45, 7) is -2.78. The molecule has 0 saturated carbocycles. The van der Waals surface area contributed by atoms with Crippen molar-refractivity contribution < 1.29 is 44.3 Å². The van der Waals surface area contributed by atoms with E-state index in [1.54, 1.807) is 0 Å². The van der Waals surface area contributed by atoms with Gasteiger partial charge in [0.2, 0.25) is 0 Å². The van der Waals surface area contributed by atoms with Crippen LogP contribution in [-0.4, -0.2) is 29.6 Å². The van der Waals surface area contributed by atoms with Gasteiger partial charge in [-0.15, -0.1) is 0 Å². The third-order valence-corrected chi connectivity index (χ3v) is 1.64. The van der Waals surface area contributed by atoms with Crippen LogP contribution >= 0.6 is 15.9 Å². The fraction of sp³-hybridized carbons (Fsp3) is 1.00.